The van der Waals surface area contributed by atoms with Gasteiger partial charge in [0, 0.05) is 32.2 Å². The summed E-state index contributed by atoms with van der Waals surface area (Å²) in [5.74, 6) is -0.387. The van der Waals surface area contributed by atoms with Gasteiger partial charge < -0.3 is 15.0 Å². The first-order valence-electron chi connectivity index (χ1n) is 9.22. The summed E-state index contributed by atoms with van der Waals surface area (Å²) < 4.78 is 69.1. The fourth-order valence-corrected chi connectivity index (χ4v) is 5.10. The highest BCUT2D eigenvalue weighted by atomic mass is 32.2. The minimum Gasteiger partial charge on any atom is -0.406 e. The van der Waals surface area contributed by atoms with E-state index in [2.05, 4.69) is 19.9 Å². The molecule has 0 spiro atoms. The third kappa shape index (κ3) is 3.82. The molecule has 0 amide bonds. The molecule has 1 saturated heterocycles. The number of aromatic nitrogens is 2. The Morgan fingerprint density at radius 1 is 1.10 bits per heavy atom. The molecule has 1 aromatic heterocycles. The van der Waals surface area contributed by atoms with Crippen LogP contribution in [0.4, 0.5) is 18.9 Å². The Kier molecular flexibility index (Phi) is 5.10. The minimum atomic E-state index is -4.92. The van der Waals surface area contributed by atoms with Crippen molar-refractivity contribution in [2.75, 3.05) is 31.1 Å². The van der Waals surface area contributed by atoms with Gasteiger partial charge >= 0.3 is 6.36 Å². The molecule has 1 aliphatic heterocycles. The summed E-state index contributed by atoms with van der Waals surface area (Å²) in [6.45, 7) is 4.68. The van der Waals surface area contributed by atoms with E-state index < -0.39 is 22.1 Å². The highest BCUT2D eigenvalue weighted by Crippen LogP contribution is 2.31. The number of nitrogens with zero attached hydrogens (tertiary/aromatic N) is 3. The van der Waals surface area contributed by atoms with Gasteiger partial charge in [-0.05, 0) is 31.2 Å². The number of alkyl halides is 3. The lowest BCUT2D eigenvalue weighted by Gasteiger charge is -2.29. The van der Waals surface area contributed by atoms with E-state index in [0.717, 1.165) is 48.0 Å². The van der Waals surface area contributed by atoms with E-state index in [1.807, 2.05) is 6.07 Å². The fraction of sp³-hybridized carbons (Fsp3) is 0.316. The predicted octanol–water partition coefficient (Wildman–Crippen LogP) is 2.89. The molecule has 2 aromatic carbocycles. The molecule has 0 radical (unpaired) electrons. The maximum absolute atomic E-state index is 13.3. The predicted molar refractivity (Wildman–Crippen MR) is 105 cm³/mol. The number of nitrogens with one attached hydrogen (secondary N) is 1. The topological polar surface area (TPSA) is 76.5 Å². The van der Waals surface area contributed by atoms with E-state index in [0.29, 0.717) is 11.0 Å². The van der Waals surface area contributed by atoms with Crippen LogP contribution < -0.4 is 15.0 Å². The molecule has 30 heavy (non-hydrogen) atoms. The van der Waals surface area contributed by atoms with Crippen LogP contribution in [-0.2, 0) is 10.0 Å². The van der Waals surface area contributed by atoms with Crippen LogP contribution in [-0.4, -0.2) is 49.9 Å². The molecule has 160 valence electrons. The molecule has 1 N–H and O–H groups in total. The zero-order valence-corrected chi connectivity index (χ0v) is 16.8. The summed E-state index contributed by atoms with van der Waals surface area (Å²) in [5, 5.41) is 3.26. The second kappa shape index (κ2) is 7.47. The Labute approximate surface area is 171 Å². The number of benzene rings is 2. The zero-order chi connectivity index (χ0) is 21.5. The van der Waals surface area contributed by atoms with Crippen LogP contribution in [0.2, 0.25) is 0 Å². The number of halogens is 3. The lowest BCUT2D eigenvalue weighted by Crippen LogP contribution is -2.43. The van der Waals surface area contributed by atoms with Crippen molar-refractivity contribution in [2.45, 2.75) is 18.2 Å². The molecule has 1 fully saturated rings. The van der Waals surface area contributed by atoms with E-state index in [-0.39, 0.29) is 10.7 Å². The van der Waals surface area contributed by atoms with Crippen molar-refractivity contribution in [3.05, 3.63) is 48.3 Å². The summed E-state index contributed by atoms with van der Waals surface area (Å²) in [6, 6.07) is 9.60. The van der Waals surface area contributed by atoms with Gasteiger partial charge in [0.25, 0.3) is 10.0 Å². The van der Waals surface area contributed by atoms with Gasteiger partial charge in [0.2, 0.25) is 0 Å². The molecule has 0 unspecified atom stereocenters. The molecule has 0 aliphatic carbocycles. The molecule has 0 atom stereocenters. The SMILES string of the molecule is Cc1nc2c(N3CCNCC3)cccc2n1S(=O)(=O)c1cccc(OC(F)(F)F)c1. The molecule has 2 heterocycles. The molecule has 1 aliphatic rings. The first-order valence-corrected chi connectivity index (χ1v) is 10.7. The van der Waals surface area contributed by atoms with Crippen molar-refractivity contribution in [2.24, 2.45) is 0 Å². The summed E-state index contributed by atoms with van der Waals surface area (Å²) in [5.41, 5.74) is 1.72. The standard InChI is InChI=1S/C19H19F3N4O3S/c1-13-24-18-16(25-10-8-23-9-11-25)6-3-7-17(18)26(13)30(27,28)15-5-2-4-14(12-15)29-19(20,21)22/h2-7,12,23H,8-11H2,1H3. The highest BCUT2D eigenvalue weighted by molar-refractivity contribution is 7.90. The van der Waals surface area contributed by atoms with Gasteiger partial charge in [-0.1, -0.05) is 12.1 Å². The summed E-state index contributed by atoms with van der Waals surface area (Å²) in [6.07, 6.45) is -4.92. The van der Waals surface area contributed by atoms with Crippen molar-refractivity contribution < 1.29 is 26.3 Å². The maximum atomic E-state index is 13.3. The number of aryl methyl sites for hydroxylation is 1. The quantitative estimate of drug-likeness (QED) is 0.673. The molecular formula is C19H19F3N4O3S. The smallest absolute Gasteiger partial charge is 0.406 e. The van der Waals surface area contributed by atoms with Crippen LogP contribution in [0.1, 0.15) is 5.82 Å². The van der Waals surface area contributed by atoms with Gasteiger partial charge in [-0.15, -0.1) is 13.2 Å². The molecule has 0 bridgehead atoms. The van der Waals surface area contributed by atoms with Gasteiger partial charge in [0.1, 0.15) is 17.1 Å². The number of fused-ring (bicyclic) bond motifs is 1. The number of rotatable bonds is 4. The van der Waals surface area contributed by atoms with Crippen LogP contribution in [0.15, 0.2) is 47.4 Å². The van der Waals surface area contributed by atoms with Crippen LogP contribution in [0.25, 0.3) is 11.0 Å². The van der Waals surface area contributed by atoms with E-state index in [4.69, 9.17) is 0 Å². The Morgan fingerprint density at radius 2 is 1.80 bits per heavy atom. The molecular weight excluding hydrogens is 421 g/mol. The monoisotopic (exact) mass is 440 g/mol. The average molecular weight is 440 g/mol. The van der Waals surface area contributed by atoms with Crippen LogP contribution in [0.5, 0.6) is 5.75 Å². The largest absolute Gasteiger partial charge is 0.573 e. The van der Waals surface area contributed by atoms with Crippen LogP contribution in [0.3, 0.4) is 0 Å². The van der Waals surface area contributed by atoms with Gasteiger partial charge in [0.15, 0.2) is 0 Å². The van der Waals surface area contributed by atoms with Crippen LogP contribution in [0, 0.1) is 6.92 Å². The first kappa shape index (κ1) is 20.5. The number of imidazole rings is 1. The first-order chi connectivity index (χ1) is 14.2. The lowest BCUT2D eigenvalue weighted by atomic mass is 10.2. The second-order valence-electron chi connectivity index (χ2n) is 6.83. The highest BCUT2D eigenvalue weighted by Gasteiger charge is 2.32. The van der Waals surface area contributed by atoms with E-state index in [9.17, 15) is 21.6 Å². The number of ether oxygens (including phenoxy) is 1. The van der Waals surface area contributed by atoms with E-state index >= 15 is 0 Å². The summed E-state index contributed by atoms with van der Waals surface area (Å²) in [4.78, 5) is 6.28. The normalized spacial score (nSPS) is 15.5. The van der Waals surface area contributed by atoms with Gasteiger partial charge in [0.05, 0.1) is 16.1 Å². The zero-order valence-electron chi connectivity index (χ0n) is 16.0. The van der Waals surface area contributed by atoms with Crippen LogP contribution >= 0.6 is 0 Å². The van der Waals surface area contributed by atoms with Crippen molar-refractivity contribution in [3.8, 4) is 5.75 Å². The van der Waals surface area contributed by atoms with E-state index in [1.54, 1.807) is 19.1 Å². The molecule has 11 heteroatoms. The number of hydrogen-bond acceptors (Lipinski definition) is 6. The fourth-order valence-electron chi connectivity index (χ4n) is 3.58. The van der Waals surface area contributed by atoms with Gasteiger partial charge in [-0.25, -0.2) is 17.4 Å². The van der Waals surface area contributed by atoms with Gasteiger partial charge in [-0.2, -0.15) is 0 Å². The Balaban J connectivity index is 1.81. The lowest BCUT2D eigenvalue weighted by molar-refractivity contribution is -0.274. The van der Waals surface area contributed by atoms with Crippen molar-refractivity contribution in [1.29, 1.82) is 0 Å². The van der Waals surface area contributed by atoms with Crippen molar-refractivity contribution >= 4 is 26.7 Å². The molecule has 0 saturated carbocycles. The number of anilines is 1. The number of piperazine rings is 1. The third-order valence-electron chi connectivity index (χ3n) is 4.81. The van der Waals surface area contributed by atoms with Gasteiger partial charge in [-0.3, -0.25) is 0 Å². The molecule has 7 nitrogen and oxygen atoms in total. The average Bonchev–Trinajstić information content (AvgIpc) is 3.04. The minimum absolute atomic E-state index is 0.217. The number of para-hydroxylation sites is 1. The summed E-state index contributed by atoms with van der Waals surface area (Å²) in [7, 11) is -4.20. The Bertz CT molecular complexity index is 1190. The maximum Gasteiger partial charge on any atom is 0.573 e. The third-order valence-corrected chi connectivity index (χ3v) is 6.61. The summed E-state index contributed by atoms with van der Waals surface area (Å²) >= 11 is 0. The second-order valence-corrected chi connectivity index (χ2v) is 8.62. The number of hydrogen-bond donors (Lipinski definition) is 1. The van der Waals surface area contributed by atoms with E-state index in [1.165, 1.54) is 12.1 Å². The van der Waals surface area contributed by atoms with Crippen molar-refractivity contribution in [1.82, 2.24) is 14.3 Å². The molecule has 4 rings (SSSR count). The Morgan fingerprint density at radius 3 is 2.50 bits per heavy atom. The van der Waals surface area contributed by atoms with Crippen molar-refractivity contribution in [3.63, 3.8) is 0 Å². The Hall–Kier alpha value is -2.79. The molecule has 3 aromatic rings.